The van der Waals surface area contributed by atoms with E-state index < -0.39 is 0 Å². The normalized spacial score (nSPS) is 17.4. The van der Waals surface area contributed by atoms with Crippen molar-refractivity contribution in [3.8, 4) is 5.75 Å². The maximum Gasteiger partial charge on any atom is 0.244 e. The van der Waals surface area contributed by atoms with Crippen LogP contribution in [-0.4, -0.2) is 17.2 Å². The molecule has 0 heterocycles. The second-order valence-corrected chi connectivity index (χ2v) is 7.81. The second kappa shape index (κ2) is 7.60. The van der Waals surface area contributed by atoms with Crippen LogP contribution in [0.4, 0.5) is 0 Å². The molecule has 1 saturated carbocycles. The number of phenols is 1. The summed E-state index contributed by atoms with van der Waals surface area (Å²) in [6, 6.07) is 25.3. The third-order valence-corrected chi connectivity index (χ3v) is 5.72. The fourth-order valence-corrected chi connectivity index (χ4v) is 4.11. The van der Waals surface area contributed by atoms with E-state index in [0.717, 1.165) is 22.0 Å². The van der Waals surface area contributed by atoms with E-state index in [9.17, 15) is 9.90 Å². The van der Waals surface area contributed by atoms with Gasteiger partial charge in [-0.3, -0.25) is 4.79 Å². The van der Waals surface area contributed by atoms with Crippen LogP contribution in [0.5, 0.6) is 5.75 Å². The lowest BCUT2D eigenvalue weighted by molar-refractivity contribution is -0.122. The Hall–Kier alpha value is -2.92. The first-order chi connectivity index (χ1) is 13.6. The van der Waals surface area contributed by atoms with Gasteiger partial charge in [0.25, 0.3) is 0 Å². The first-order valence-corrected chi connectivity index (χ1v) is 9.83. The third-order valence-electron chi connectivity index (χ3n) is 5.22. The third kappa shape index (κ3) is 3.45. The molecule has 2 N–H and O–H groups in total. The molecule has 0 radical (unpaired) electrons. The van der Waals surface area contributed by atoms with E-state index in [-0.39, 0.29) is 23.0 Å². The quantitative estimate of drug-likeness (QED) is 0.454. The fourth-order valence-electron chi connectivity index (χ4n) is 3.73. The van der Waals surface area contributed by atoms with E-state index in [2.05, 4.69) is 50.7 Å². The lowest BCUT2D eigenvalue weighted by Crippen LogP contribution is -2.25. The Kier molecular flexibility index (Phi) is 5.01. The standard InChI is InChI=1S/C23H19BrN2O2/c24-19-11-12-21(27)16(13-19)15-25-26-22(28)20-14-23(20,17-7-3-1-4-8-17)18-9-5-2-6-10-18/h1-13,15,20,27H,14H2,(H,26,28). The van der Waals surface area contributed by atoms with Crippen molar-refractivity contribution in [2.45, 2.75) is 11.8 Å². The van der Waals surface area contributed by atoms with Gasteiger partial charge in [0.05, 0.1) is 12.1 Å². The van der Waals surface area contributed by atoms with Crippen molar-refractivity contribution < 1.29 is 9.90 Å². The number of rotatable bonds is 5. The van der Waals surface area contributed by atoms with Gasteiger partial charge in [-0.15, -0.1) is 0 Å². The molecule has 1 amide bonds. The number of aromatic hydroxyl groups is 1. The van der Waals surface area contributed by atoms with Gasteiger partial charge in [0.2, 0.25) is 5.91 Å². The SMILES string of the molecule is O=C(NN=Cc1cc(Br)ccc1O)C1CC1(c1ccccc1)c1ccccc1. The highest BCUT2D eigenvalue weighted by Crippen LogP contribution is 2.58. The van der Waals surface area contributed by atoms with Crippen LogP contribution in [-0.2, 0) is 10.2 Å². The summed E-state index contributed by atoms with van der Waals surface area (Å²) in [5, 5.41) is 13.9. The first-order valence-electron chi connectivity index (χ1n) is 9.04. The number of hydrogen-bond donors (Lipinski definition) is 2. The number of phenolic OH excluding ortho intramolecular Hbond substituents is 1. The van der Waals surface area contributed by atoms with Gasteiger partial charge in [-0.2, -0.15) is 5.10 Å². The Balaban J connectivity index is 1.55. The molecule has 140 valence electrons. The second-order valence-electron chi connectivity index (χ2n) is 6.90. The predicted molar refractivity (Wildman–Crippen MR) is 113 cm³/mol. The number of nitrogens with one attached hydrogen (secondary N) is 1. The van der Waals surface area contributed by atoms with Crippen molar-refractivity contribution >= 4 is 28.1 Å². The zero-order valence-corrected chi connectivity index (χ0v) is 16.6. The monoisotopic (exact) mass is 434 g/mol. The van der Waals surface area contributed by atoms with Gasteiger partial charge >= 0.3 is 0 Å². The average Bonchev–Trinajstić information content (AvgIpc) is 3.49. The average molecular weight is 435 g/mol. The smallest absolute Gasteiger partial charge is 0.244 e. The zero-order valence-electron chi connectivity index (χ0n) is 15.0. The highest BCUT2D eigenvalue weighted by Gasteiger charge is 2.60. The summed E-state index contributed by atoms with van der Waals surface area (Å²) in [5.74, 6) is -0.209. The summed E-state index contributed by atoms with van der Waals surface area (Å²) in [4.78, 5) is 12.8. The Labute approximate surface area is 172 Å². The summed E-state index contributed by atoms with van der Waals surface area (Å²) in [7, 11) is 0. The van der Waals surface area contributed by atoms with Crippen LogP contribution in [0.15, 0.2) is 88.4 Å². The molecule has 4 nitrogen and oxygen atoms in total. The zero-order chi connectivity index (χ0) is 19.6. The van der Waals surface area contributed by atoms with Gasteiger partial charge in [0, 0.05) is 15.5 Å². The highest BCUT2D eigenvalue weighted by molar-refractivity contribution is 9.10. The number of hydrogen-bond acceptors (Lipinski definition) is 3. The summed E-state index contributed by atoms with van der Waals surface area (Å²) in [5.41, 5.74) is 5.12. The molecule has 1 aliphatic rings. The molecule has 0 aliphatic heterocycles. The number of carbonyl (C=O) groups excluding carboxylic acids is 1. The molecule has 1 aliphatic carbocycles. The molecule has 4 rings (SSSR count). The number of hydrazone groups is 1. The minimum Gasteiger partial charge on any atom is -0.507 e. The van der Waals surface area contributed by atoms with E-state index in [0.29, 0.717) is 5.56 Å². The van der Waals surface area contributed by atoms with Crippen molar-refractivity contribution in [1.29, 1.82) is 0 Å². The summed E-state index contributed by atoms with van der Waals surface area (Å²) in [6.07, 6.45) is 2.19. The topological polar surface area (TPSA) is 61.7 Å². The lowest BCUT2D eigenvalue weighted by atomic mass is 9.85. The number of halogens is 1. The van der Waals surface area contributed by atoms with Crippen molar-refractivity contribution in [2.24, 2.45) is 11.0 Å². The fraction of sp³-hybridized carbons (Fsp3) is 0.130. The van der Waals surface area contributed by atoms with Gasteiger partial charge in [0.1, 0.15) is 5.75 Å². The maximum atomic E-state index is 12.8. The van der Waals surface area contributed by atoms with Crippen LogP contribution in [0.1, 0.15) is 23.1 Å². The Morgan fingerprint density at radius 2 is 1.64 bits per heavy atom. The Morgan fingerprint density at radius 1 is 1.04 bits per heavy atom. The molecule has 1 fully saturated rings. The van der Waals surface area contributed by atoms with Gasteiger partial charge in [-0.25, -0.2) is 5.43 Å². The largest absolute Gasteiger partial charge is 0.507 e. The Bertz CT molecular complexity index is 980. The number of carbonyl (C=O) groups is 1. The molecule has 1 unspecified atom stereocenters. The van der Waals surface area contributed by atoms with Gasteiger partial charge in [-0.05, 0) is 35.7 Å². The van der Waals surface area contributed by atoms with E-state index in [4.69, 9.17) is 0 Å². The number of nitrogens with zero attached hydrogens (tertiary/aromatic N) is 1. The van der Waals surface area contributed by atoms with Gasteiger partial charge in [0.15, 0.2) is 0 Å². The molecule has 3 aromatic carbocycles. The molecule has 0 saturated heterocycles. The summed E-state index contributed by atoms with van der Waals surface area (Å²) < 4.78 is 0.826. The number of benzene rings is 3. The summed E-state index contributed by atoms with van der Waals surface area (Å²) in [6.45, 7) is 0. The maximum absolute atomic E-state index is 12.8. The van der Waals surface area contributed by atoms with Crippen molar-refractivity contribution in [1.82, 2.24) is 5.43 Å². The molecule has 0 spiro atoms. The highest BCUT2D eigenvalue weighted by atomic mass is 79.9. The molecule has 0 bridgehead atoms. The number of amides is 1. The minimum atomic E-state index is -0.319. The molecule has 0 aromatic heterocycles. The first kappa shape index (κ1) is 18.4. The minimum absolute atomic E-state index is 0.107. The van der Waals surface area contributed by atoms with E-state index in [1.165, 1.54) is 6.21 Å². The van der Waals surface area contributed by atoms with Crippen LogP contribution in [0, 0.1) is 5.92 Å². The molecule has 3 aromatic rings. The van der Waals surface area contributed by atoms with Gasteiger partial charge < -0.3 is 5.11 Å². The van der Waals surface area contributed by atoms with Crippen LogP contribution < -0.4 is 5.43 Å². The summed E-state index contributed by atoms with van der Waals surface area (Å²) >= 11 is 3.36. The van der Waals surface area contributed by atoms with Crippen molar-refractivity contribution in [3.05, 3.63) is 100 Å². The van der Waals surface area contributed by atoms with E-state index in [1.54, 1.807) is 18.2 Å². The van der Waals surface area contributed by atoms with Crippen LogP contribution in [0.2, 0.25) is 0 Å². The Morgan fingerprint density at radius 3 is 2.25 bits per heavy atom. The lowest BCUT2D eigenvalue weighted by Gasteiger charge is -2.18. The van der Waals surface area contributed by atoms with Crippen molar-refractivity contribution in [3.63, 3.8) is 0 Å². The van der Waals surface area contributed by atoms with Crippen LogP contribution in [0.3, 0.4) is 0 Å². The molecule has 1 atom stereocenters. The van der Waals surface area contributed by atoms with E-state index >= 15 is 0 Å². The molecule has 5 heteroatoms. The molecular formula is C23H19BrN2O2. The predicted octanol–water partition coefficient (Wildman–Crippen LogP) is 4.61. The van der Waals surface area contributed by atoms with E-state index in [1.807, 2.05) is 36.4 Å². The van der Waals surface area contributed by atoms with Gasteiger partial charge in [-0.1, -0.05) is 76.6 Å². The van der Waals surface area contributed by atoms with Crippen molar-refractivity contribution in [2.75, 3.05) is 0 Å². The van der Waals surface area contributed by atoms with Crippen LogP contribution >= 0.6 is 15.9 Å². The molecule has 28 heavy (non-hydrogen) atoms. The van der Waals surface area contributed by atoms with Crippen LogP contribution in [0.25, 0.3) is 0 Å². The molecular weight excluding hydrogens is 416 g/mol.